The molecule has 6 heteroatoms. The zero-order valence-corrected chi connectivity index (χ0v) is 20.9. The Labute approximate surface area is 198 Å². The van der Waals surface area contributed by atoms with E-state index >= 15 is 0 Å². The maximum atomic E-state index is 3.44. The fourth-order valence-electron chi connectivity index (χ4n) is 6.10. The summed E-state index contributed by atoms with van der Waals surface area (Å²) < 4.78 is 0. The molecule has 0 aromatic rings. The van der Waals surface area contributed by atoms with Crippen molar-refractivity contribution in [2.45, 2.75) is 64.2 Å². The molecule has 0 aliphatic carbocycles. The van der Waals surface area contributed by atoms with Gasteiger partial charge in [0.2, 0.25) is 0 Å². The van der Waals surface area contributed by atoms with Gasteiger partial charge in [-0.05, 0) is 153 Å². The number of piperidine rings is 4. The zero-order valence-electron chi connectivity index (χ0n) is 20.9. The summed E-state index contributed by atoms with van der Waals surface area (Å²) in [6.45, 7) is 14.7. The molecule has 0 aromatic carbocycles. The van der Waals surface area contributed by atoms with E-state index in [4.69, 9.17) is 0 Å². The molecule has 6 nitrogen and oxygen atoms in total. The molecule has 5 heterocycles. The number of hydrogen-bond donors (Lipinski definition) is 6. The molecule has 5 saturated heterocycles. The minimum absolute atomic E-state index is 1.03. The molecular formula is C26H54N6. The van der Waals surface area contributed by atoms with Crippen molar-refractivity contribution >= 4 is 0 Å². The Kier molecular flexibility index (Phi) is 14.2. The van der Waals surface area contributed by atoms with Gasteiger partial charge < -0.3 is 31.9 Å². The molecule has 0 unspecified atom stereocenters. The average Bonchev–Trinajstić information content (AvgIpc) is 3.21. The van der Waals surface area contributed by atoms with Crippen molar-refractivity contribution < 1.29 is 0 Å². The predicted molar refractivity (Wildman–Crippen MR) is 137 cm³/mol. The molecule has 188 valence electrons. The van der Waals surface area contributed by atoms with E-state index < -0.39 is 0 Å². The number of hydrogen-bond acceptors (Lipinski definition) is 6. The van der Waals surface area contributed by atoms with Gasteiger partial charge in [0.05, 0.1) is 0 Å². The van der Waals surface area contributed by atoms with Crippen molar-refractivity contribution in [2.75, 3.05) is 78.5 Å². The van der Waals surface area contributed by atoms with E-state index in [0.29, 0.717) is 0 Å². The van der Waals surface area contributed by atoms with Crippen LogP contribution in [0.5, 0.6) is 0 Å². The average molecular weight is 451 g/mol. The first-order valence-electron chi connectivity index (χ1n) is 14.2. The Bertz CT molecular complexity index is 372. The van der Waals surface area contributed by atoms with Crippen molar-refractivity contribution in [2.24, 2.45) is 23.7 Å². The molecule has 0 spiro atoms. The molecule has 0 bridgehead atoms. The zero-order chi connectivity index (χ0) is 22.1. The molecule has 0 saturated carbocycles. The summed E-state index contributed by atoms with van der Waals surface area (Å²) in [5.41, 5.74) is 0. The third-order valence-electron chi connectivity index (χ3n) is 8.20. The third kappa shape index (κ3) is 11.3. The highest BCUT2D eigenvalue weighted by atomic mass is 15.0. The maximum absolute atomic E-state index is 3.44. The Hall–Kier alpha value is -0.240. The van der Waals surface area contributed by atoms with Crippen molar-refractivity contribution in [1.29, 1.82) is 0 Å². The lowest BCUT2D eigenvalue weighted by Crippen LogP contribution is -2.37. The van der Waals surface area contributed by atoms with Gasteiger partial charge in [-0.3, -0.25) is 0 Å². The van der Waals surface area contributed by atoms with Crippen molar-refractivity contribution in [3.05, 3.63) is 0 Å². The van der Waals surface area contributed by atoms with Gasteiger partial charge in [0.1, 0.15) is 0 Å². The lowest BCUT2D eigenvalue weighted by Gasteiger charge is -2.33. The van der Waals surface area contributed by atoms with Gasteiger partial charge in [0.25, 0.3) is 0 Å². The van der Waals surface area contributed by atoms with Crippen molar-refractivity contribution in [3.8, 4) is 0 Å². The van der Waals surface area contributed by atoms with Gasteiger partial charge >= 0.3 is 0 Å². The molecule has 0 amide bonds. The molecule has 5 aliphatic heterocycles. The monoisotopic (exact) mass is 450 g/mol. The first-order chi connectivity index (χ1) is 15.9. The fourth-order valence-corrected chi connectivity index (χ4v) is 6.10. The summed E-state index contributed by atoms with van der Waals surface area (Å²) in [5.74, 6) is 4.13. The van der Waals surface area contributed by atoms with E-state index in [1.807, 2.05) is 0 Å². The highest BCUT2D eigenvalue weighted by Crippen LogP contribution is 2.28. The molecule has 5 aliphatic rings. The molecular weight excluding hydrogens is 396 g/mol. The van der Waals surface area contributed by atoms with Crippen LogP contribution in [-0.4, -0.2) is 78.5 Å². The van der Waals surface area contributed by atoms with E-state index in [2.05, 4.69) is 31.9 Å². The molecule has 0 radical (unpaired) electrons. The number of rotatable bonds is 3. The minimum atomic E-state index is 1.03. The molecule has 32 heavy (non-hydrogen) atoms. The summed E-state index contributed by atoms with van der Waals surface area (Å²) in [7, 11) is 0. The van der Waals surface area contributed by atoms with Gasteiger partial charge in [-0.2, -0.15) is 0 Å². The number of nitrogens with one attached hydrogen (secondary N) is 6. The molecule has 5 fully saturated rings. The normalized spacial score (nSPS) is 27.4. The van der Waals surface area contributed by atoms with E-state index in [1.165, 1.54) is 130 Å². The van der Waals surface area contributed by atoms with Crippen LogP contribution in [0.15, 0.2) is 0 Å². The Morgan fingerprint density at radius 3 is 1.03 bits per heavy atom. The summed E-state index contributed by atoms with van der Waals surface area (Å²) in [4.78, 5) is 0. The summed E-state index contributed by atoms with van der Waals surface area (Å²) >= 11 is 0. The molecule has 6 N–H and O–H groups in total. The lowest BCUT2D eigenvalue weighted by atomic mass is 9.80. The van der Waals surface area contributed by atoms with Crippen LogP contribution in [0.3, 0.4) is 0 Å². The Morgan fingerprint density at radius 2 is 0.656 bits per heavy atom. The maximum Gasteiger partial charge on any atom is 0.00767 e. The standard InChI is InChI=1S/C11H22N2.C10H20N2.C5H12N2/c1-5-12-6-2-10(1)9-11-3-7-13-8-4-11;1-5-11-6-2-9(1)10-3-7-12-8-4-10;1-2-6-4-5-7-3-1/h10-13H,1-9H2;9-12H,1-8H2;6-7H,1-5H2. The van der Waals surface area contributed by atoms with Gasteiger partial charge in [-0.15, -0.1) is 0 Å². The van der Waals surface area contributed by atoms with Crippen molar-refractivity contribution in [3.63, 3.8) is 0 Å². The van der Waals surface area contributed by atoms with E-state index in [1.54, 1.807) is 0 Å². The van der Waals surface area contributed by atoms with Gasteiger partial charge in [-0.25, -0.2) is 0 Å². The smallest absolute Gasteiger partial charge is 0.00767 e. The first-order valence-corrected chi connectivity index (χ1v) is 14.2. The van der Waals surface area contributed by atoms with Gasteiger partial charge in [-0.1, -0.05) is 0 Å². The molecule has 5 rings (SSSR count). The van der Waals surface area contributed by atoms with Crippen LogP contribution in [0, 0.1) is 23.7 Å². The highest BCUT2D eigenvalue weighted by molar-refractivity contribution is 4.79. The Balaban J connectivity index is 0.000000142. The fraction of sp³-hybridized carbons (Fsp3) is 1.00. The van der Waals surface area contributed by atoms with Crippen LogP contribution < -0.4 is 31.9 Å². The Morgan fingerprint density at radius 1 is 0.344 bits per heavy atom. The van der Waals surface area contributed by atoms with E-state index in [0.717, 1.165) is 36.8 Å². The second kappa shape index (κ2) is 17.2. The second-order valence-electron chi connectivity index (χ2n) is 10.7. The van der Waals surface area contributed by atoms with Crippen LogP contribution in [0.4, 0.5) is 0 Å². The lowest BCUT2D eigenvalue weighted by molar-refractivity contribution is 0.212. The molecule has 0 aromatic heterocycles. The quantitative estimate of drug-likeness (QED) is 0.395. The van der Waals surface area contributed by atoms with Crippen molar-refractivity contribution in [1.82, 2.24) is 31.9 Å². The largest absolute Gasteiger partial charge is 0.317 e. The molecule has 0 atom stereocenters. The highest BCUT2D eigenvalue weighted by Gasteiger charge is 2.24. The third-order valence-corrected chi connectivity index (χ3v) is 8.20. The van der Waals surface area contributed by atoms with Gasteiger partial charge in [0.15, 0.2) is 0 Å². The van der Waals surface area contributed by atoms with E-state index in [9.17, 15) is 0 Å². The predicted octanol–water partition coefficient (Wildman–Crippen LogP) is 1.93. The van der Waals surface area contributed by atoms with Crippen LogP contribution in [0.25, 0.3) is 0 Å². The van der Waals surface area contributed by atoms with Crippen LogP contribution in [-0.2, 0) is 0 Å². The van der Waals surface area contributed by atoms with Crippen LogP contribution in [0.1, 0.15) is 64.2 Å². The van der Waals surface area contributed by atoms with Gasteiger partial charge in [0, 0.05) is 13.1 Å². The summed E-state index contributed by atoms with van der Waals surface area (Å²) in [6.07, 6.45) is 14.1. The second-order valence-corrected chi connectivity index (χ2v) is 10.7. The van der Waals surface area contributed by atoms with Crippen LogP contribution in [0.2, 0.25) is 0 Å². The first kappa shape index (κ1) is 26.4. The summed E-state index contributed by atoms with van der Waals surface area (Å²) in [6, 6.07) is 0. The van der Waals surface area contributed by atoms with Crippen LogP contribution >= 0.6 is 0 Å². The van der Waals surface area contributed by atoms with E-state index in [-0.39, 0.29) is 0 Å². The summed E-state index contributed by atoms with van der Waals surface area (Å²) in [5, 5.41) is 20.3. The minimum Gasteiger partial charge on any atom is -0.317 e. The SMILES string of the molecule is C1CC(C2CCNCC2)CCN1.C1CC(CC2CCNCC2)CCN1.C1CNCCNC1. The topological polar surface area (TPSA) is 72.2 Å².